The molecule has 0 saturated heterocycles. The SMILES string of the molecule is CN(C)P(=O)(N(C)C)N(C)C.O[SiH3]. The molecule has 0 radical (unpaired) electrons. The topological polar surface area (TPSA) is 47.0 Å². The second-order valence-electron chi connectivity index (χ2n) is 3.05. The molecule has 0 rings (SSSR count). The summed E-state index contributed by atoms with van der Waals surface area (Å²) in [6.07, 6.45) is 0. The number of rotatable bonds is 3. The summed E-state index contributed by atoms with van der Waals surface area (Å²) in [6, 6.07) is 0. The van der Waals surface area contributed by atoms with E-state index in [2.05, 4.69) is 0 Å². The van der Waals surface area contributed by atoms with Crippen LogP contribution in [0.1, 0.15) is 0 Å². The maximum atomic E-state index is 12.1. The standard InChI is InChI=1S/C6H18N3OP.H4OSi/c1-7(2)11(10,8(3)4)9(5)6;1-2/h1-6H3;1H,2H3. The monoisotopic (exact) mass is 227 g/mol. The third-order valence-corrected chi connectivity index (χ3v) is 4.69. The summed E-state index contributed by atoms with van der Waals surface area (Å²) in [7, 11) is 8.79. The van der Waals surface area contributed by atoms with Crippen molar-refractivity contribution in [1.29, 1.82) is 0 Å². The molecule has 0 unspecified atom stereocenters. The predicted molar refractivity (Wildman–Crippen MR) is 60.8 cm³/mol. The van der Waals surface area contributed by atoms with Crippen LogP contribution in [0, 0.1) is 0 Å². The van der Waals surface area contributed by atoms with Crippen LogP contribution >= 0.6 is 7.59 Å². The molecule has 0 amide bonds. The summed E-state index contributed by atoms with van der Waals surface area (Å²) < 4.78 is 17.3. The Morgan fingerprint density at radius 3 is 1.00 bits per heavy atom. The molecule has 0 atom stereocenters. The Kier molecular flexibility index (Phi) is 8.11. The fourth-order valence-electron chi connectivity index (χ4n) is 1.07. The van der Waals surface area contributed by atoms with Crippen molar-refractivity contribution in [1.82, 2.24) is 14.0 Å². The minimum atomic E-state index is -2.44. The molecule has 0 fully saturated rings. The van der Waals surface area contributed by atoms with Gasteiger partial charge in [-0.2, -0.15) is 0 Å². The van der Waals surface area contributed by atoms with Crippen molar-refractivity contribution < 1.29 is 9.36 Å². The first-order valence-corrected chi connectivity index (χ1v) is 6.37. The highest BCUT2D eigenvalue weighted by Gasteiger charge is 2.30. The molecule has 0 aliphatic rings. The van der Waals surface area contributed by atoms with Crippen molar-refractivity contribution in [3.05, 3.63) is 0 Å². The van der Waals surface area contributed by atoms with Crippen LogP contribution in [0.2, 0.25) is 0 Å². The van der Waals surface area contributed by atoms with Crippen LogP contribution < -0.4 is 0 Å². The quantitative estimate of drug-likeness (QED) is 0.497. The van der Waals surface area contributed by atoms with Gasteiger partial charge in [0.1, 0.15) is 10.5 Å². The first kappa shape index (κ1) is 15.7. The van der Waals surface area contributed by atoms with Crippen LogP contribution in [0.5, 0.6) is 0 Å². The maximum absolute atomic E-state index is 12.1. The van der Waals surface area contributed by atoms with Gasteiger partial charge in [0.25, 0.3) is 7.59 Å². The lowest BCUT2D eigenvalue weighted by atomic mass is 11.2. The fourth-order valence-corrected chi connectivity index (χ4v) is 3.22. The molecule has 1 N–H and O–H groups in total. The second kappa shape index (κ2) is 6.70. The zero-order valence-electron chi connectivity index (χ0n) is 9.64. The fraction of sp³-hybridized carbons (Fsp3) is 1.00. The van der Waals surface area contributed by atoms with Gasteiger partial charge in [-0.1, -0.05) is 0 Å². The smallest absolute Gasteiger partial charge is 0.285 e. The number of nitrogens with zero attached hydrogens (tertiary/aromatic N) is 3. The van der Waals surface area contributed by atoms with Gasteiger partial charge in [0.15, 0.2) is 0 Å². The van der Waals surface area contributed by atoms with Crippen LogP contribution in [0.3, 0.4) is 0 Å². The molecule has 0 bridgehead atoms. The summed E-state index contributed by atoms with van der Waals surface area (Å²) in [6.45, 7) is 0. The number of hydrogen-bond acceptors (Lipinski definition) is 2. The molecule has 5 nitrogen and oxygen atoms in total. The van der Waals surface area contributed by atoms with Crippen LogP contribution in [0.15, 0.2) is 0 Å². The van der Waals surface area contributed by atoms with Gasteiger partial charge in [-0.25, -0.2) is 14.0 Å². The summed E-state index contributed by atoms with van der Waals surface area (Å²) in [5.74, 6) is 0. The Hall–Kier alpha value is 0.287. The average molecular weight is 227 g/mol. The van der Waals surface area contributed by atoms with Crippen molar-refractivity contribution in [2.24, 2.45) is 0 Å². The Balaban J connectivity index is 0. The normalized spacial score (nSPS) is 12.2. The van der Waals surface area contributed by atoms with Gasteiger partial charge in [0, 0.05) is 0 Å². The molecule has 0 aliphatic heterocycles. The third-order valence-electron chi connectivity index (χ3n) is 1.56. The highest BCUT2D eigenvalue weighted by Crippen LogP contribution is 2.50. The molecule has 82 valence electrons. The molecule has 0 aromatic carbocycles. The van der Waals surface area contributed by atoms with E-state index >= 15 is 0 Å². The van der Waals surface area contributed by atoms with Gasteiger partial charge in [-0.05, 0) is 42.3 Å². The maximum Gasteiger partial charge on any atom is 0.285 e. The molecule has 0 spiro atoms. The first-order valence-electron chi connectivity index (χ1n) is 3.91. The van der Waals surface area contributed by atoms with Gasteiger partial charge in [0.05, 0.1) is 0 Å². The van der Waals surface area contributed by atoms with E-state index in [-0.39, 0.29) is 0 Å². The van der Waals surface area contributed by atoms with Crippen molar-refractivity contribution in [2.45, 2.75) is 0 Å². The van der Waals surface area contributed by atoms with E-state index in [4.69, 9.17) is 4.80 Å². The summed E-state index contributed by atoms with van der Waals surface area (Å²) in [4.78, 5) is 7.14. The zero-order valence-corrected chi connectivity index (χ0v) is 12.5. The van der Waals surface area contributed by atoms with Crippen molar-refractivity contribution in [2.75, 3.05) is 42.3 Å². The molecule has 13 heavy (non-hydrogen) atoms. The lowest BCUT2D eigenvalue weighted by Gasteiger charge is -2.34. The van der Waals surface area contributed by atoms with Gasteiger partial charge in [-0.15, -0.1) is 0 Å². The highest BCUT2D eigenvalue weighted by molar-refractivity contribution is 7.56. The third kappa shape index (κ3) is 3.89. The Bertz CT molecular complexity index is 147. The largest absolute Gasteiger partial charge is 0.442 e. The zero-order chi connectivity index (χ0) is 11.2. The highest BCUT2D eigenvalue weighted by atomic mass is 31.2. The van der Waals surface area contributed by atoms with E-state index in [1.807, 2.05) is 42.3 Å². The van der Waals surface area contributed by atoms with E-state index in [0.29, 0.717) is 10.5 Å². The molecule has 0 heterocycles. The van der Waals surface area contributed by atoms with Crippen LogP contribution in [-0.4, -0.2) is 71.6 Å². The molecule has 0 aromatic rings. The molecule has 7 heteroatoms. The minimum Gasteiger partial charge on any atom is -0.442 e. The summed E-state index contributed by atoms with van der Waals surface area (Å²) in [5.41, 5.74) is 0. The predicted octanol–water partition coefficient (Wildman–Crippen LogP) is -0.962. The van der Waals surface area contributed by atoms with Crippen molar-refractivity contribution in [3.63, 3.8) is 0 Å². The van der Waals surface area contributed by atoms with Crippen molar-refractivity contribution in [3.8, 4) is 0 Å². The van der Waals surface area contributed by atoms with Gasteiger partial charge >= 0.3 is 0 Å². The van der Waals surface area contributed by atoms with E-state index in [9.17, 15) is 4.57 Å². The molecule has 0 aromatic heterocycles. The van der Waals surface area contributed by atoms with Gasteiger partial charge in [0.2, 0.25) is 0 Å². The van der Waals surface area contributed by atoms with Crippen LogP contribution in [-0.2, 0) is 4.57 Å². The second-order valence-corrected chi connectivity index (χ2v) is 6.48. The molecule has 0 saturated carbocycles. The van der Waals surface area contributed by atoms with E-state index < -0.39 is 7.59 Å². The molecule has 0 aliphatic carbocycles. The van der Waals surface area contributed by atoms with Crippen LogP contribution in [0.25, 0.3) is 0 Å². The Morgan fingerprint density at radius 2 is 1.00 bits per heavy atom. The average Bonchev–Trinajstić information content (AvgIpc) is 2.05. The minimum absolute atomic E-state index is 0.306. The lowest BCUT2D eigenvalue weighted by molar-refractivity contribution is 0.383. The number of hydrogen-bond donors (Lipinski definition) is 1. The Labute approximate surface area is 84.4 Å². The van der Waals surface area contributed by atoms with Crippen molar-refractivity contribution >= 4 is 18.1 Å². The van der Waals surface area contributed by atoms with E-state index in [1.54, 1.807) is 14.0 Å². The van der Waals surface area contributed by atoms with Gasteiger partial charge in [-0.3, -0.25) is 4.57 Å². The summed E-state index contributed by atoms with van der Waals surface area (Å²) >= 11 is 0. The summed E-state index contributed by atoms with van der Waals surface area (Å²) in [5, 5.41) is 0. The van der Waals surface area contributed by atoms with Crippen LogP contribution in [0.4, 0.5) is 0 Å². The molecular formula is C6H22N3O2PSi. The first-order chi connectivity index (χ1) is 5.83. The van der Waals surface area contributed by atoms with E-state index in [0.717, 1.165) is 0 Å². The van der Waals surface area contributed by atoms with Gasteiger partial charge < -0.3 is 4.80 Å². The molecular weight excluding hydrogens is 205 g/mol. The lowest BCUT2D eigenvalue weighted by Crippen LogP contribution is -2.30. The van der Waals surface area contributed by atoms with E-state index in [1.165, 1.54) is 0 Å². The Morgan fingerprint density at radius 1 is 0.846 bits per heavy atom.